The normalized spacial score (nSPS) is 12.1. The number of esters is 1. The van der Waals surface area contributed by atoms with Crippen LogP contribution in [0.25, 0.3) is 22.6 Å². The summed E-state index contributed by atoms with van der Waals surface area (Å²) >= 11 is 5.93. The van der Waals surface area contributed by atoms with Crippen molar-refractivity contribution in [1.29, 1.82) is 0 Å². The molecule has 0 amide bonds. The Bertz CT molecular complexity index is 921. The van der Waals surface area contributed by atoms with Gasteiger partial charge in [0.2, 0.25) is 5.89 Å². The lowest BCUT2D eigenvalue weighted by atomic mass is 10.2. The predicted octanol–water partition coefficient (Wildman–Crippen LogP) is 4.18. The van der Waals surface area contributed by atoms with Gasteiger partial charge < -0.3 is 19.0 Å². The molecule has 0 saturated carbocycles. The van der Waals surface area contributed by atoms with E-state index in [9.17, 15) is 9.90 Å². The fourth-order valence-corrected chi connectivity index (χ4v) is 2.43. The Labute approximate surface area is 148 Å². The van der Waals surface area contributed by atoms with Crippen LogP contribution in [0.4, 0.5) is 0 Å². The van der Waals surface area contributed by atoms with Crippen molar-refractivity contribution in [2.24, 2.45) is 0 Å². The third-order valence-corrected chi connectivity index (χ3v) is 3.71. The highest BCUT2D eigenvalue weighted by Crippen LogP contribution is 2.33. The molecule has 3 aromatic rings. The Morgan fingerprint density at radius 3 is 2.84 bits per heavy atom. The van der Waals surface area contributed by atoms with Gasteiger partial charge in [0.15, 0.2) is 23.2 Å². The summed E-state index contributed by atoms with van der Waals surface area (Å²) in [4.78, 5) is 16.0. The second-order valence-electron chi connectivity index (χ2n) is 5.33. The first-order chi connectivity index (χ1) is 12.0. The monoisotopic (exact) mass is 361 g/mol. The topological polar surface area (TPSA) is 81.8 Å². The fraction of sp³-hybridized carbons (Fsp3) is 0.222. The second-order valence-corrected chi connectivity index (χ2v) is 5.76. The van der Waals surface area contributed by atoms with Gasteiger partial charge in [-0.15, -0.1) is 0 Å². The molecule has 1 atom stereocenters. The summed E-state index contributed by atoms with van der Waals surface area (Å²) in [6, 6.07) is 9.83. The Kier molecular flexibility index (Phi) is 4.81. The molecule has 0 radical (unpaired) electrons. The molecule has 130 valence electrons. The van der Waals surface area contributed by atoms with E-state index in [-0.39, 0.29) is 18.1 Å². The molecule has 0 aliphatic carbocycles. The van der Waals surface area contributed by atoms with Crippen LogP contribution < -0.4 is 4.74 Å². The Morgan fingerprint density at radius 1 is 1.32 bits per heavy atom. The molecule has 1 aromatic heterocycles. The minimum absolute atomic E-state index is 0.131. The molecule has 0 bridgehead atoms. The summed E-state index contributed by atoms with van der Waals surface area (Å²) < 4.78 is 16.0. The van der Waals surface area contributed by atoms with Crippen molar-refractivity contribution < 1.29 is 23.8 Å². The molecule has 0 aliphatic rings. The summed E-state index contributed by atoms with van der Waals surface area (Å²) in [5, 5.41) is 10.7. The third kappa shape index (κ3) is 3.69. The highest BCUT2D eigenvalue weighted by molar-refractivity contribution is 6.31. The Morgan fingerprint density at radius 2 is 2.12 bits per heavy atom. The van der Waals surface area contributed by atoms with E-state index in [2.05, 4.69) is 4.98 Å². The maximum Gasteiger partial charge on any atom is 0.347 e. The number of phenols is 1. The van der Waals surface area contributed by atoms with Crippen molar-refractivity contribution in [1.82, 2.24) is 4.98 Å². The molecule has 0 fully saturated rings. The van der Waals surface area contributed by atoms with Crippen LogP contribution >= 0.6 is 11.6 Å². The Balaban J connectivity index is 1.84. The van der Waals surface area contributed by atoms with E-state index in [4.69, 9.17) is 25.5 Å². The van der Waals surface area contributed by atoms with Crippen LogP contribution in [0.15, 0.2) is 40.8 Å². The van der Waals surface area contributed by atoms with Crippen molar-refractivity contribution in [2.75, 3.05) is 6.61 Å². The van der Waals surface area contributed by atoms with E-state index in [1.165, 1.54) is 6.07 Å². The molecule has 6 nitrogen and oxygen atoms in total. The number of nitrogens with zero attached hydrogens (tertiary/aromatic N) is 1. The molecule has 1 heterocycles. The Hall–Kier alpha value is -2.73. The second kappa shape index (κ2) is 7.03. The van der Waals surface area contributed by atoms with Crippen LogP contribution in [0.3, 0.4) is 0 Å². The first-order valence-electron chi connectivity index (χ1n) is 7.70. The highest BCUT2D eigenvalue weighted by Gasteiger charge is 2.18. The number of aromatic nitrogens is 1. The van der Waals surface area contributed by atoms with Gasteiger partial charge in [-0.05, 0) is 44.2 Å². The molecular weight excluding hydrogens is 346 g/mol. The summed E-state index contributed by atoms with van der Waals surface area (Å²) in [7, 11) is 0. The lowest BCUT2D eigenvalue weighted by Crippen LogP contribution is -2.26. The third-order valence-electron chi connectivity index (χ3n) is 3.48. The van der Waals surface area contributed by atoms with Crippen molar-refractivity contribution >= 4 is 28.7 Å². The van der Waals surface area contributed by atoms with E-state index < -0.39 is 12.1 Å². The number of hydrogen-bond acceptors (Lipinski definition) is 6. The molecule has 7 heteroatoms. The zero-order valence-electron chi connectivity index (χ0n) is 13.7. The number of oxazole rings is 1. The number of aromatic hydroxyl groups is 1. The van der Waals surface area contributed by atoms with E-state index in [0.717, 1.165) is 0 Å². The number of carbonyl (C=O) groups excluding carboxylic acids is 1. The van der Waals surface area contributed by atoms with E-state index in [1.54, 1.807) is 44.2 Å². The quantitative estimate of drug-likeness (QED) is 0.686. The number of fused-ring (bicyclic) bond motifs is 1. The smallest absolute Gasteiger partial charge is 0.347 e. The van der Waals surface area contributed by atoms with E-state index in [0.29, 0.717) is 27.6 Å². The van der Waals surface area contributed by atoms with Crippen molar-refractivity contribution in [3.05, 3.63) is 41.4 Å². The van der Waals surface area contributed by atoms with Gasteiger partial charge in [-0.2, -0.15) is 0 Å². The van der Waals surface area contributed by atoms with E-state index in [1.807, 2.05) is 0 Å². The standard InChI is InChI=1S/C18H16ClNO5/c1-3-23-18(22)10(2)24-15-7-4-11(8-14(15)21)17-20-13-6-5-12(19)9-16(13)25-17/h4-10,21H,3H2,1-2H3. The molecule has 3 rings (SSSR count). The molecular formula is C18H16ClNO5. The maximum atomic E-state index is 11.6. The van der Waals surface area contributed by atoms with Gasteiger partial charge in [0.25, 0.3) is 0 Å². The number of rotatable bonds is 5. The molecule has 25 heavy (non-hydrogen) atoms. The molecule has 0 spiro atoms. The number of ether oxygens (including phenoxy) is 2. The first-order valence-corrected chi connectivity index (χ1v) is 8.08. The number of carbonyl (C=O) groups is 1. The fourth-order valence-electron chi connectivity index (χ4n) is 2.27. The number of phenolic OH excluding ortho intramolecular Hbond substituents is 1. The van der Waals surface area contributed by atoms with Crippen LogP contribution in [-0.2, 0) is 9.53 Å². The predicted molar refractivity (Wildman–Crippen MR) is 92.8 cm³/mol. The molecule has 1 unspecified atom stereocenters. The summed E-state index contributed by atoms with van der Waals surface area (Å²) in [6.45, 7) is 3.53. The summed E-state index contributed by atoms with van der Waals surface area (Å²) in [5.74, 6) is -0.114. The van der Waals surface area contributed by atoms with Gasteiger partial charge in [0.05, 0.1) is 6.61 Å². The van der Waals surface area contributed by atoms with Crippen molar-refractivity contribution in [3.63, 3.8) is 0 Å². The van der Waals surface area contributed by atoms with Crippen LogP contribution in [0, 0.1) is 0 Å². The van der Waals surface area contributed by atoms with Gasteiger partial charge in [0.1, 0.15) is 5.52 Å². The highest BCUT2D eigenvalue weighted by atomic mass is 35.5. The van der Waals surface area contributed by atoms with Gasteiger partial charge in [0, 0.05) is 16.7 Å². The van der Waals surface area contributed by atoms with Crippen LogP contribution in [0.5, 0.6) is 11.5 Å². The number of hydrogen-bond donors (Lipinski definition) is 1. The molecule has 0 aliphatic heterocycles. The van der Waals surface area contributed by atoms with Gasteiger partial charge >= 0.3 is 5.97 Å². The maximum absolute atomic E-state index is 11.6. The summed E-state index contributed by atoms with van der Waals surface area (Å²) in [6.07, 6.45) is -0.830. The number of halogens is 1. The average Bonchev–Trinajstić information content (AvgIpc) is 2.99. The molecule has 1 N–H and O–H groups in total. The van der Waals surface area contributed by atoms with Crippen LogP contribution in [0.2, 0.25) is 5.02 Å². The molecule has 2 aromatic carbocycles. The lowest BCUT2D eigenvalue weighted by Gasteiger charge is -2.14. The van der Waals surface area contributed by atoms with Gasteiger partial charge in [-0.25, -0.2) is 9.78 Å². The molecule has 0 saturated heterocycles. The largest absolute Gasteiger partial charge is 0.504 e. The van der Waals surface area contributed by atoms with Gasteiger partial charge in [-0.3, -0.25) is 0 Å². The minimum atomic E-state index is -0.830. The number of benzene rings is 2. The average molecular weight is 362 g/mol. The zero-order valence-corrected chi connectivity index (χ0v) is 14.4. The van der Waals surface area contributed by atoms with Crippen molar-refractivity contribution in [3.8, 4) is 23.0 Å². The van der Waals surface area contributed by atoms with Gasteiger partial charge in [-0.1, -0.05) is 11.6 Å². The first kappa shape index (κ1) is 17.1. The SMILES string of the molecule is CCOC(=O)C(C)Oc1ccc(-c2nc3ccc(Cl)cc3o2)cc1O. The lowest BCUT2D eigenvalue weighted by molar-refractivity contribution is -0.150. The van der Waals surface area contributed by atoms with Crippen LogP contribution in [-0.4, -0.2) is 28.8 Å². The summed E-state index contributed by atoms with van der Waals surface area (Å²) in [5.41, 5.74) is 1.79. The van der Waals surface area contributed by atoms with E-state index >= 15 is 0 Å². The minimum Gasteiger partial charge on any atom is -0.504 e. The zero-order chi connectivity index (χ0) is 18.0. The van der Waals surface area contributed by atoms with Crippen molar-refractivity contribution in [2.45, 2.75) is 20.0 Å². The van der Waals surface area contributed by atoms with Crippen LogP contribution in [0.1, 0.15) is 13.8 Å².